The highest BCUT2D eigenvalue weighted by atomic mass is 14.2. The average molecular weight is 522 g/mol. The van der Waals surface area contributed by atoms with Crippen molar-refractivity contribution in [2.75, 3.05) is 0 Å². The van der Waals surface area contributed by atoms with Gasteiger partial charge in [0.1, 0.15) is 0 Å². The Labute approximate surface area is 252 Å². The van der Waals surface area contributed by atoms with E-state index in [1.165, 1.54) is 0 Å². The summed E-state index contributed by atoms with van der Waals surface area (Å²) in [6.45, 7) is 2.03. The minimum absolute atomic E-state index is 0.0977. The van der Waals surface area contributed by atoms with E-state index in [4.69, 9.17) is 12.3 Å². The second-order valence-electron chi connectivity index (χ2n) is 9.78. The highest BCUT2D eigenvalue weighted by molar-refractivity contribution is 6.25. The first-order valence-electron chi connectivity index (χ1n) is 19.6. The van der Waals surface area contributed by atoms with Gasteiger partial charge in [-0.1, -0.05) is 128 Å². The molecule has 188 valence electrons. The molecule has 0 saturated carbocycles. The molecule has 0 radical (unpaired) electrons. The molecule has 0 unspecified atom stereocenters. The number of fused-ring (bicyclic) bond motifs is 6. The van der Waals surface area contributed by atoms with Gasteiger partial charge >= 0.3 is 0 Å². The van der Waals surface area contributed by atoms with Crippen LogP contribution in [0.2, 0.25) is 0 Å². The van der Waals surface area contributed by atoms with E-state index in [0.29, 0.717) is 17.4 Å². The van der Waals surface area contributed by atoms with Crippen LogP contribution in [-0.2, 0) is 6.42 Å². The molecule has 0 aliphatic carbocycles. The van der Waals surface area contributed by atoms with E-state index in [2.05, 4.69) is 12.1 Å². The molecule has 0 atom stereocenters. The van der Waals surface area contributed by atoms with Crippen molar-refractivity contribution in [2.45, 2.75) is 13.3 Å². The molecular formula is C40H28. The Bertz CT molecular complexity index is 2860. The molecule has 0 saturated heterocycles. The maximum Gasteiger partial charge on any atom is 0.0629 e. The van der Waals surface area contributed by atoms with Gasteiger partial charge in [-0.2, -0.15) is 0 Å². The van der Waals surface area contributed by atoms with Gasteiger partial charge in [-0.05, 0) is 106 Å². The maximum absolute atomic E-state index is 9.32. The molecule has 0 spiro atoms. The Kier molecular flexibility index (Phi) is 3.04. The topological polar surface area (TPSA) is 0 Å². The molecule has 40 heavy (non-hydrogen) atoms. The predicted molar refractivity (Wildman–Crippen MR) is 174 cm³/mol. The lowest BCUT2D eigenvalue weighted by molar-refractivity contribution is 1.16. The third-order valence-electron chi connectivity index (χ3n) is 7.72. The Balaban J connectivity index is 1.71. The molecule has 0 bridgehead atoms. The first-order valence-corrected chi connectivity index (χ1v) is 13.1. The van der Waals surface area contributed by atoms with Crippen LogP contribution in [0.1, 0.15) is 30.3 Å². The summed E-state index contributed by atoms with van der Waals surface area (Å²) in [4.78, 5) is 0. The van der Waals surface area contributed by atoms with Gasteiger partial charge in [0, 0.05) is 0 Å². The predicted octanol–water partition coefficient (Wildman–Crippen LogP) is 11.3. The minimum Gasteiger partial charge on any atom is -0.0622 e. The minimum atomic E-state index is -0.700. The summed E-state index contributed by atoms with van der Waals surface area (Å²) in [6, 6.07) is 11.7. The van der Waals surface area contributed by atoms with Crippen molar-refractivity contribution in [2.24, 2.45) is 0 Å². The third kappa shape index (κ3) is 3.39. The lowest BCUT2D eigenvalue weighted by Crippen LogP contribution is -1.93. The van der Waals surface area contributed by atoms with Gasteiger partial charge in [0.2, 0.25) is 0 Å². The van der Waals surface area contributed by atoms with Crippen molar-refractivity contribution in [1.82, 2.24) is 0 Å². The van der Waals surface area contributed by atoms with Crippen LogP contribution in [0.15, 0.2) is 139 Å². The molecule has 0 fully saturated rings. The molecule has 0 N–H and O–H groups in total. The van der Waals surface area contributed by atoms with E-state index in [1.54, 1.807) is 12.1 Å². The number of rotatable bonds is 3. The number of benzene rings is 8. The summed E-state index contributed by atoms with van der Waals surface area (Å²) < 4.78 is 115. The monoisotopic (exact) mass is 521 g/mol. The van der Waals surface area contributed by atoms with Gasteiger partial charge in [-0.3, -0.25) is 0 Å². The molecule has 8 rings (SSSR count). The first-order chi connectivity index (χ1) is 25.2. The van der Waals surface area contributed by atoms with Crippen LogP contribution in [0.3, 0.4) is 0 Å². The van der Waals surface area contributed by atoms with Gasteiger partial charge in [-0.15, -0.1) is 0 Å². The van der Waals surface area contributed by atoms with E-state index in [9.17, 15) is 5.48 Å². The molecule has 0 heterocycles. The zero-order valence-electron chi connectivity index (χ0n) is 34.5. The zero-order valence-corrected chi connectivity index (χ0v) is 21.5. The third-order valence-corrected chi connectivity index (χ3v) is 7.72. The van der Waals surface area contributed by atoms with E-state index >= 15 is 0 Å². The van der Waals surface area contributed by atoms with Gasteiger partial charge in [0.15, 0.2) is 0 Å². The van der Waals surface area contributed by atoms with Gasteiger partial charge < -0.3 is 0 Å². The maximum atomic E-state index is 9.32. The molecule has 0 heteroatoms. The van der Waals surface area contributed by atoms with Crippen molar-refractivity contribution in [3.05, 3.63) is 145 Å². The summed E-state index contributed by atoms with van der Waals surface area (Å²) in [6.07, 6.45) is 0.647. The fraction of sp³-hybridized carbons (Fsp3) is 0.0500. The van der Waals surface area contributed by atoms with Crippen LogP contribution in [0.4, 0.5) is 0 Å². The standard InChI is InChI=1S/C40H28/c1-2-26-23-37-30(38-25-29-16-7-6-15-28(29)24-36(26)38)21-12-22-35(37)40-33-19-10-8-17-31(33)39(27-13-4-3-5-14-27)32-18-9-11-20-34(32)40/h3-25H,2H2,1H3/i3D,4D,5D,8D,9D,10D,11D,13D,14D,17D,18D,19D,20D. The normalized spacial score (nSPS) is 16.3. The second kappa shape index (κ2) is 9.07. The summed E-state index contributed by atoms with van der Waals surface area (Å²) >= 11 is 0. The van der Waals surface area contributed by atoms with Crippen molar-refractivity contribution in [1.29, 1.82) is 0 Å². The summed E-state index contributed by atoms with van der Waals surface area (Å²) in [5, 5.41) is 4.92. The van der Waals surface area contributed by atoms with Crippen molar-refractivity contribution in [3.63, 3.8) is 0 Å². The SMILES string of the molecule is [2H]c1c([2H])c([2H])c(-c2c3c([2H])c([2H])c([2H])c([2H])c3c(-c3cccc4c3cc(CC)c3cc5ccccc5cc34)c3c([2H])c([2H])c([2H])c([2H])c23)c([2H])c1[2H]. The van der Waals surface area contributed by atoms with E-state index in [1.807, 2.05) is 43.3 Å². The largest absolute Gasteiger partial charge is 0.0629 e. The summed E-state index contributed by atoms with van der Waals surface area (Å²) in [5.74, 6) is 0. The Morgan fingerprint density at radius 2 is 1.05 bits per heavy atom. The molecule has 0 nitrogen and oxygen atoms in total. The average Bonchev–Trinajstić information content (AvgIpc) is 3.17. The quantitative estimate of drug-likeness (QED) is 0.160. The Morgan fingerprint density at radius 3 is 1.68 bits per heavy atom. The summed E-state index contributed by atoms with van der Waals surface area (Å²) in [7, 11) is 0. The fourth-order valence-corrected chi connectivity index (χ4v) is 5.97. The lowest BCUT2D eigenvalue weighted by atomic mass is 9.83. The van der Waals surface area contributed by atoms with Crippen molar-refractivity contribution >= 4 is 53.9 Å². The van der Waals surface area contributed by atoms with E-state index < -0.39 is 84.1 Å². The molecule has 8 aromatic carbocycles. The van der Waals surface area contributed by atoms with E-state index in [0.717, 1.165) is 32.5 Å². The van der Waals surface area contributed by atoms with Crippen molar-refractivity contribution in [3.8, 4) is 22.3 Å². The highest BCUT2D eigenvalue weighted by Crippen LogP contribution is 2.46. The molecule has 0 aliphatic heterocycles. The Hall–Kier alpha value is -4.94. The first kappa shape index (κ1) is 13.4. The Morgan fingerprint density at radius 1 is 0.475 bits per heavy atom. The van der Waals surface area contributed by atoms with Crippen molar-refractivity contribution < 1.29 is 17.8 Å². The smallest absolute Gasteiger partial charge is 0.0622 e. The second-order valence-corrected chi connectivity index (χ2v) is 9.78. The number of hydrogen-bond donors (Lipinski definition) is 0. The van der Waals surface area contributed by atoms with Crippen LogP contribution in [0.25, 0.3) is 76.1 Å². The van der Waals surface area contributed by atoms with Crippen LogP contribution in [0, 0.1) is 0 Å². The summed E-state index contributed by atoms with van der Waals surface area (Å²) in [5.41, 5.74) is 0.847. The molecule has 0 aromatic heterocycles. The molecular weight excluding hydrogens is 480 g/mol. The van der Waals surface area contributed by atoms with E-state index in [-0.39, 0.29) is 32.7 Å². The van der Waals surface area contributed by atoms with Crippen LogP contribution in [0.5, 0.6) is 0 Å². The fourth-order valence-electron chi connectivity index (χ4n) is 5.97. The number of aryl methyl sites for hydroxylation is 1. The lowest BCUT2D eigenvalue weighted by Gasteiger charge is -2.20. The van der Waals surface area contributed by atoms with Gasteiger partial charge in [0.05, 0.1) is 17.8 Å². The highest BCUT2D eigenvalue weighted by Gasteiger charge is 2.19. The zero-order chi connectivity index (χ0) is 37.9. The van der Waals surface area contributed by atoms with Crippen LogP contribution < -0.4 is 0 Å². The van der Waals surface area contributed by atoms with Gasteiger partial charge in [0.25, 0.3) is 0 Å². The van der Waals surface area contributed by atoms with Crippen LogP contribution in [-0.4, -0.2) is 0 Å². The molecule has 0 amide bonds. The van der Waals surface area contributed by atoms with Crippen LogP contribution >= 0.6 is 0 Å². The molecule has 8 aromatic rings. The van der Waals surface area contributed by atoms with Gasteiger partial charge in [-0.25, -0.2) is 0 Å². The number of hydrogen-bond acceptors (Lipinski definition) is 0. The molecule has 0 aliphatic rings.